The smallest absolute Gasteiger partial charge is 0.275 e. The quantitative estimate of drug-likeness (QED) is 0.785. The van der Waals surface area contributed by atoms with Gasteiger partial charge in [-0.25, -0.2) is 9.07 Å². The van der Waals surface area contributed by atoms with Gasteiger partial charge >= 0.3 is 0 Å². The second kappa shape index (κ2) is 8.83. The molecular formula is C20H26FN3O2. The van der Waals surface area contributed by atoms with Gasteiger partial charge in [0, 0.05) is 6.04 Å². The number of amides is 1. The van der Waals surface area contributed by atoms with Crippen molar-refractivity contribution in [1.29, 1.82) is 0 Å². The molecule has 0 saturated heterocycles. The molecule has 1 N–H and O–H groups in total. The molecule has 1 aromatic heterocycles. The highest BCUT2D eigenvalue weighted by Crippen LogP contribution is 2.22. The molecule has 2 aromatic rings. The van der Waals surface area contributed by atoms with Gasteiger partial charge in [0.1, 0.15) is 5.82 Å². The Hall–Kier alpha value is -2.37. The fourth-order valence-corrected chi connectivity index (χ4v) is 3.24. The number of carbonyl (C=O) groups is 1. The van der Waals surface area contributed by atoms with Crippen LogP contribution in [0.5, 0.6) is 5.75 Å². The van der Waals surface area contributed by atoms with E-state index in [9.17, 15) is 9.18 Å². The van der Waals surface area contributed by atoms with Crippen molar-refractivity contribution in [3.05, 3.63) is 42.0 Å². The van der Waals surface area contributed by atoms with Gasteiger partial charge in [0.25, 0.3) is 5.91 Å². The highest BCUT2D eigenvalue weighted by Gasteiger charge is 2.22. The summed E-state index contributed by atoms with van der Waals surface area (Å²) in [5, 5.41) is 7.52. The lowest BCUT2D eigenvalue weighted by molar-refractivity contribution is 0.0924. The first-order chi connectivity index (χ1) is 12.7. The van der Waals surface area contributed by atoms with Crippen LogP contribution in [0, 0.1) is 5.82 Å². The van der Waals surface area contributed by atoms with Crippen LogP contribution in [0.15, 0.2) is 30.5 Å². The highest BCUT2D eigenvalue weighted by molar-refractivity contribution is 5.95. The van der Waals surface area contributed by atoms with Gasteiger partial charge in [-0.3, -0.25) is 4.79 Å². The van der Waals surface area contributed by atoms with Crippen molar-refractivity contribution >= 4 is 5.91 Å². The van der Waals surface area contributed by atoms with E-state index in [1.54, 1.807) is 23.0 Å². The van der Waals surface area contributed by atoms with Crippen molar-refractivity contribution in [1.82, 2.24) is 15.1 Å². The minimum Gasteiger partial charge on any atom is -0.489 e. The molecule has 0 unspecified atom stereocenters. The van der Waals surface area contributed by atoms with Gasteiger partial charge in [-0.05, 0) is 43.5 Å². The molecule has 140 valence electrons. The molecule has 26 heavy (non-hydrogen) atoms. The molecule has 0 radical (unpaired) electrons. The van der Waals surface area contributed by atoms with E-state index in [0.717, 1.165) is 32.1 Å². The summed E-state index contributed by atoms with van der Waals surface area (Å²) in [6, 6.07) is 6.18. The van der Waals surface area contributed by atoms with Crippen molar-refractivity contribution in [3.8, 4) is 11.4 Å². The summed E-state index contributed by atoms with van der Waals surface area (Å²) in [6.45, 7) is 2.52. The SMILES string of the molecule is CCCOc1cn(-c2ccc(F)cc2)nc1C(=O)NC1CCCCCC1. The third kappa shape index (κ3) is 4.62. The number of nitrogens with one attached hydrogen (secondary N) is 1. The average Bonchev–Trinajstić information content (AvgIpc) is 2.90. The summed E-state index contributed by atoms with van der Waals surface area (Å²) < 4.78 is 20.4. The molecule has 1 aliphatic carbocycles. The summed E-state index contributed by atoms with van der Waals surface area (Å²) in [4.78, 5) is 12.8. The zero-order valence-corrected chi connectivity index (χ0v) is 15.2. The molecule has 5 nitrogen and oxygen atoms in total. The zero-order valence-electron chi connectivity index (χ0n) is 15.2. The van der Waals surface area contributed by atoms with Gasteiger partial charge in [0.05, 0.1) is 18.5 Å². The minimum atomic E-state index is -0.310. The van der Waals surface area contributed by atoms with Gasteiger partial charge in [-0.2, -0.15) is 5.10 Å². The lowest BCUT2D eigenvalue weighted by Crippen LogP contribution is -2.35. The second-order valence-corrected chi connectivity index (χ2v) is 6.77. The molecular weight excluding hydrogens is 333 g/mol. The maximum absolute atomic E-state index is 13.2. The number of carbonyl (C=O) groups excluding carboxylic acids is 1. The lowest BCUT2D eigenvalue weighted by atomic mass is 10.1. The Kier molecular flexibility index (Phi) is 6.26. The van der Waals surface area contributed by atoms with E-state index in [4.69, 9.17) is 4.74 Å². The first kappa shape index (κ1) is 18.4. The largest absolute Gasteiger partial charge is 0.489 e. The predicted octanol–water partition coefficient (Wildman–Crippen LogP) is 4.25. The van der Waals surface area contributed by atoms with Crippen LogP contribution in [0.25, 0.3) is 5.69 Å². The third-order valence-corrected chi connectivity index (χ3v) is 4.64. The normalized spacial score (nSPS) is 15.5. The monoisotopic (exact) mass is 359 g/mol. The molecule has 3 rings (SSSR count). The van der Waals surface area contributed by atoms with E-state index >= 15 is 0 Å². The fraction of sp³-hybridized carbons (Fsp3) is 0.500. The molecule has 1 fully saturated rings. The van der Waals surface area contributed by atoms with Crippen LogP contribution in [-0.4, -0.2) is 28.3 Å². The number of ether oxygens (including phenoxy) is 1. The van der Waals surface area contributed by atoms with E-state index in [0.29, 0.717) is 18.0 Å². The zero-order chi connectivity index (χ0) is 18.4. The Morgan fingerprint density at radius 1 is 1.23 bits per heavy atom. The molecule has 6 heteroatoms. The van der Waals surface area contributed by atoms with E-state index in [2.05, 4.69) is 10.4 Å². The van der Waals surface area contributed by atoms with Crippen molar-refractivity contribution in [3.63, 3.8) is 0 Å². The number of aromatic nitrogens is 2. The van der Waals surface area contributed by atoms with E-state index in [1.165, 1.54) is 25.0 Å². The minimum absolute atomic E-state index is 0.194. The topological polar surface area (TPSA) is 56.2 Å². The van der Waals surface area contributed by atoms with Crippen LogP contribution < -0.4 is 10.1 Å². The number of hydrogen-bond acceptors (Lipinski definition) is 3. The van der Waals surface area contributed by atoms with Gasteiger partial charge in [0.2, 0.25) is 0 Å². The first-order valence-electron chi connectivity index (χ1n) is 9.46. The van der Waals surface area contributed by atoms with Crippen molar-refractivity contribution < 1.29 is 13.9 Å². The van der Waals surface area contributed by atoms with Crippen LogP contribution in [0.4, 0.5) is 4.39 Å². The number of nitrogens with zero attached hydrogens (tertiary/aromatic N) is 2. The summed E-state index contributed by atoms with van der Waals surface area (Å²) in [5.41, 5.74) is 0.966. The lowest BCUT2D eigenvalue weighted by Gasteiger charge is -2.15. The summed E-state index contributed by atoms with van der Waals surface area (Å²) in [6.07, 6.45) is 9.30. The third-order valence-electron chi connectivity index (χ3n) is 4.64. The van der Waals surface area contributed by atoms with Crippen molar-refractivity contribution in [2.24, 2.45) is 0 Å². The highest BCUT2D eigenvalue weighted by atomic mass is 19.1. The molecule has 0 aliphatic heterocycles. The molecule has 0 spiro atoms. The van der Waals surface area contributed by atoms with Gasteiger partial charge in [0.15, 0.2) is 11.4 Å². The van der Waals surface area contributed by atoms with Crippen LogP contribution in [0.2, 0.25) is 0 Å². The Morgan fingerprint density at radius 3 is 2.58 bits per heavy atom. The molecule has 0 atom stereocenters. The summed E-state index contributed by atoms with van der Waals surface area (Å²) in [7, 11) is 0. The molecule has 1 aromatic carbocycles. The fourth-order valence-electron chi connectivity index (χ4n) is 3.24. The van der Waals surface area contributed by atoms with Gasteiger partial charge in [-0.15, -0.1) is 0 Å². The summed E-state index contributed by atoms with van der Waals surface area (Å²) in [5.74, 6) is -0.0548. The number of rotatable bonds is 6. The molecule has 1 saturated carbocycles. The van der Waals surface area contributed by atoms with E-state index in [1.807, 2.05) is 6.92 Å². The maximum Gasteiger partial charge on any atom is 0.275 e. The van der Waals surface area contributed by atoms with Crippen LogP contribution in [-0.2, 0) is 0 Å². The van der Waals surface area contributed by atoms with Crippen molar-refractivity contribution in [2.75, 3.05) is 6.61 Å². The van der Waals surface area contributed by atoms with Gasteiger partial charge in [-0.1, -0.05) is 32.6 Å². The number of benzene rings is 1. The average molecular weight is 359 g/mol. The van der Waals surface area contributed by atoms with Crippen LogP contribution >= 0.6 is 0 Å². The Bertz CT molecular complexity index is 719. The number of halogens is 1. The molecule has 0 bridgehead atoms. The number of hydrogen-bond donors (Lipinski definition) is 1. The molecule has 1 aliphatic rings. The molecule has 1 amide bonds. The standard InChI is InChI=1S/C20H26FN3O2/c1-2-13-26-18-14-24(17-11-9-15(21)10-12-17)23-19(18)20(25)22-16-7-5-3-4-6-8-16/h9-12,14,16H,2-8,13H2,1H3,(H,22,25). The van der Waals surface area contributed by atoms with E-state index < -0.39 is 0 Å². The van der Waals surface area contributed by atoms with Crippen LogP contribution in [0.3, 0.4) is 0 Å². The Morgan fingerprint density at radius 2 is 1.92 bits per heavy atom. The van der Waals surface area contributed by atoms with E-state index in [-0.39, 0.29) is 23.5 Å². The molecule has 1 heterocycles. The second-order valence-electron chi connectivity index (χ2n) is 6.77. The Labute approximate surface area is 153 Å². The van der Waals surface area contributed by atoms with Crippen molar-refractivity contribution in [2.45, 2.75) is 57.9 Å². The maximum atomic E-state index is 13.2. The first-order valence-corrected chi connectivity index (χ1v) is 9.46. The van der Waals surface area contributed by atoms with Crippen LogP contribution in [0.1, 0.15) is 62.4 Å². The predicted molar refractivity (Wildman–Crippen MR) is 98.3 cm³/mol. The summed E-state index contributed by atoms with van der Waals surface area (Å²) >= 11 is 0. The Balaban J connectivity index is 1.81. The van der Waals surface area contributed by atoms with Gasteiger partial charge < -0.3 is 10.1 Å².